The van der Waals surface area contributed by atoms with Gasteiger partial charge in [-0.15, -0.1) is 0 Å². The fraction of sp³-hybridized carbons (Fsp3) is 0.391. The Morgan fingerprint density at radius 3 is 2.31 bits per heavy atom. The first-order chi connectivity index (χ1) is 12.3. The minimum absolute atomic E-state index is 0.0675. The van der Waals surface area contributed by atoms with Crippen molar-refractivity contribution in [3.05, 3.63) is 77.1 Å². The molecule has 26 heavy (non-hydrogen) atoms. The van der Waals surface area contributed by atoms with Crippen LogP contribution in [-0.2, 0) is 6.42 Å². The molecule has 2 unspecified atom stereocenters. The first-order valence-electron chi connectivity index (χ1n) is 9.16. The quantitative estimate of drug-likeness (QED) is 0.736. The lowest BCUT2D eigenvalue weighted by Crippen LogP contribution is -2.43. The van der Waals surface area contributed by atoms with Crippen molar-refractivity contribution in [2.24, 2.45) is 5.92 Å². The first kappa shape index (κ1) is 20.3. The Bertz CT molecular complexity index is 709. The van der Waals surface area contributed by atoms with Gasteiger partial charge in [-0.1, -0.05) is 55.5 Å². The molecule has 0 spiro atoms. The third kappa shape index (κ3) is 5.52. The summed E-state index contributed by atoms with van der Waals surface area (Å²) < 4.78 is 13.2. The van der Waals surface area contributed by atoms with Crippen LogP contribution in [0, 0.1) is 11.7 Å². The van der Waals surface area contributed by atoms with Crippen LogP contribution in [0.15, 0.2) is 60.2 Å². The Kier molecular flexibility index (Phi) is 7.13. The van der Waals surface area contributed by atoms with Crippen LogP contribution in [0.2, 0.25) is 0 Å². The molecular weight excluding hydrogens is 325 g/mol. The topological polar surface area (TPSA) is 23.5 Å². The van der Waals surface area contributed by atoms with E-state index in [9.17, 15) is 9.50 Å². The van der Waals surface area contributed by atoms with E-state index in [1.807, 2.05) is 45.3 Å². The van der Waals surface area contributed by atoms with E-state index < -0.39 is 5.60 Å². The lowest BCUT2D eigenvalue weighted by molar-refractivity contribution is 0.00732. The maximum absolute atomic E-state index is 13.2. The van der Waals surface area contributed by atoms with Crippen LogP contribution < -0.4 is 0 Å². The van der Waals surface area contributed by atoms with Crippen LogP contribution in [0.5, 0.6) is 0 Å². The van der Waals surface area contributed by atoms with Crippen molar-refractivity contribution in [2.45, 2.75) is 32.3 Å². The highest BCUT2D eigenvalue weighted by atomic mass is 19.1. The zero-order chi connectivity index (χ0) is 19.2. The predicted octanol–water partition coefficient (Wildman–Crippen LogP) is 4.79. The number of benzene rings is 2. The second-order valence-electron chi connectivity index (χ2n) is 7.45. The largest absolute Gasteiger partial charge is 0.385 e. The summed E-state index contributed by atoms with van der Waals surface area (Å²) in [4.78, 5) is 2.10. The molecule has 140 valence electrons. The van der Waals surface area contributed by atoms with Gasteiger partial charge in [-0.25, -0.2) is 4.39 Å². The Hall–Kier alpha value is -1.97. The summed E-state index contributed by atoms with van der Waals surface area (Å²) in [6.45, 7) is 4.85. The van der Waals surface area contributed by atoms with Crippen molar-refractivity contribution in [2.75, 3.05) is 20.6 Å². The average molecular weight is 355 g/mol. The van der Waals surface area contributed by atoms with Crippen LogP contribution in [0.3, 0.4) is 0 Å². The van der Waals surface area contributed by atoms with E-state index >= 15 is 0 Å². The predicted molar refractivity (Wildman–Crippen MR) is 107 cm³/mol. The van der Waals surface area contributed by atoms with Gasteiger partial charge in [-0.2, -0.15) is 0 Å². The molecule has 0 fully saturated rings. The van der Waals surface area contributed by atoms with E-state index in [1.165, 1.54) is 17.7 Å². The molecule has 0 heterocycles. The summed E-state index contributed by atoms with van der Waals surface area (Å²) in [7, 11) is 4.04. The van der Waals surface area contributed by atoms with Crippen molar-refractivity contribution < 1.29 is 9.50 Å². The number of nitrogens with zero attached hydrogens (tertiary/aromatic N) is 1. The lowest BCUT2D eigenvalue weighted by atomic mass is 9.77. The van der Waals surface area contributed by atoms with Crippen LogP contribution >= 0.6 is 0 Å². The van der Waals surface area contributed by atoms with E-state index in [-0.39, 0.29) is 11.7 Å². The maximum Gasteiger partial charge on any atom is 0.123 e. The molecule has 0 aliphatic rings. The molecule has 2 aromatic carbocycles. The van der Waals surface area contributed by atoms with Crippen LogP contribution in [0.4, 0.5) is 4.39 Å². The summed E-state index contributed by atoms with van der Waals surface area (Å²) in [5, 5.41) is 11.6. The molecule has 0 saturated heterocycles. The Morgan fingerprint density at radius 2 is 1.73 bits per heavy atom. The lowest BCUT2D eigenvalue weighted by Gasteiger charge is -2.37. The second-order valence-corrected chi connectivity index (χ2v) is 7.45. The van der Waals surface area contributed by atoms with Gasteiger partial charge in [0.1, 0.15) is 5.82 Å². The van der Waals surface area contributed by atoms with Crippen LogP contribution in [-0.4, -0.2) is 36.2 Å². The van der Waals surface area contributed by atoms with Crippen LogP contribution in [0.1, 0.15) is 31.4 Å². The van der Waals surface area contributed by atoms with E-state index in [2.05, 4.69) is 24.0 Å². The standard InChI is InChI=1S/C23H30FNO/c1-18(16-21-10-12-22(24)13-11-21)23(26,19(2)17-25(3)4)15-14-20-8-6-5-7-9-20/h5-13,16,19,26H,14-15,17H2,1-4H3/b18-16+. The molecule has 0 amide bonds. The Labute approximate surface area is 157 Å². The number of hydrogen-bond donors (Lipinski definition) is 1. The second kappa shape index (κ2) is 9.11. The average Bonchev–Trinajstić information content (AvgIpc) is 2.61. The SMILES string of the molecule is C/C(=C\c1ccc(F)cc1)C(O)(CCc1ccccc1)C(C)CN(C)C. The van der Waals surface area contributed by atoms with Crippen molar-refractivity contribution in [1.29, 1.82) is 0 Å². The van der Waals surface area contributed by atoms with Gasteiger partial charge in [0.2, 0.25) is 0 Å². The van der Waals surface area contributed by atoms with Crippen molar-refractivity contribution in [3.8, 4) is 0 Å². The van der Waals surface area contributed by atoms with Gasteiger partial charge in [0, 0.05) is 12.5 Å². The third-order valence-corrected chi connectivity index (χ3v) is 5.03. The minimum atomic E-state index is -0.922. The van der Waals surface area contributed by atoms with Gasteiger partial charge in [0.15, 0.2) is 0 Å². The van der Waals surface area contributed by atoms with Gasteiger partial charge in [-0.3, -0.25) is 0 Å². The molecule has 0 aromatic heterocycles. The normalized spacial score (nSPS) is 15.7. The highest BCUT2D eigenvalue weighted by Gasteiger charge is 2.35. The highest BCUT2D eigenvalue weighted by Crippen LogP contribution is 2.33. The third-order valence-electron chi connectivity index (χ3n) is 5.03. The van der Waals surface area contributed by atoms with Crippen molar-refractivity contribution >= 4 is 6.08 Å². The van der Waals surface area contributed by atoms with E-state index in [0.717, 1.165) is 24.1 Å². The Balaban J connectivity index is 2.27. The molecule has 2 atom stereocenters. The van der Waals surface area contributed by atoms with Gasteiger partial charge in [0.25, 0.3) is 0 Å². The minimum Gasteiger partial charge on any atom is -0.385 e. The van der Waals surface area contributed by atoms with Gasteiger partial charge < -0.3 is 10.0 Å². The molecule has 1 N–H and O–H groups in total. The molecule has 3 heteroatoms. The number of hydrogen-bond acceptors (Lipinski definition) is 2. The molecular formula is C23H30FNO. The number of halogens is 1. The number of rotatable bonds is 8. The van der Waals surface area contributed by atoms with E-state index in [1.54, 1.807) is 12.1 Å². The summed E-state index contributed by atoms with van der Waals surface area (Å²) >= 11 is 0. The zero-order valence-electron chi connectivity index (χ0n) is 16.2. The molecule has 0 aliphatic heterocycles. The summed E-state index contributed by atoms with van der Waals surface area (Å²) in [6.07, 6.45) is 3.43. The van der Waals surface area contributed by atoms with Crippen LogP contribution in [0.25, 0.3) is 6.08 Å². The summed E-state index contributed by atoms with van der Waals surface area (Å²) in [5.41, 5.74) is 2.11. The van der Waals surface area contributed by atoms with Gasteiger partial charge in [-0.05, 0) is 62.7 Å². The molecule has 0 radical (unpaired) electrons. The van der Waals surface area contributed by atoms with E-state index in [4.69, 9.17) is 0 Å². The molecule has 2 aromatic rings. The molecule has 2 rings (SSSR count). The molecule has 2 nitrogen and oxygen atoms in total. The highest BCUT2D eigenvalue weighted by molar-refractivity contribution is 5.54. The first-order valence-corrected chi connectivity index (χ1v) is 9.16. The summed E-state index contributed by atoms with van der Waals surface area (Å²) in [5.74, 6) is -0.182. The fourth-order valence-electron chi connectivity index (χ4n) is 3.44. The van der Waals surface area contributed by atoms with Gasteiger partial charge >= 0.3 is 0 Å². The monoisotopic (exact) mass is 355 g/mol. The zero-order valence-corrected chi connectivity index (χ0v) is 16.2. The Morgan fingerprint density at radius 1 is 1.12 bits per heavy atom. The maximum atomic E-state index is 13.2. The molecule has 0 saturated carbocycles. The molecule has 0 bridgehead atoms. The number of aliphatic hydroxyl groups is 1. The number of aryl methyl sites for hydroxylation is 1. The van der Waals surface area contributed by atoms with E-state index in [0.29, 0.717) is 6.42 Å². The smallest absolute Gasteiger partial charge is 0.123 e. The fourth-order valence-corrected chi connectivity index (χ4v) is 3.44. The van der Waals surface area contributed by atoms with Crippen molar-refractivity contribution in [1.82, 2.24) is 4.90 Å². The van der Waals surface area contributed by atoms with Gasteiger partial charge in [0.05, 0.1) is 5.60 Å². The summed E-state index contributed by atoms with van der Waals surface area (Å²) in [6, 6.07) is 16.6. The van der Waals surface area contributed by atoms with Crippen molar-refractivity contribution in [3.63, 3.8) is 0 Å². The molecule has 0 aliphatic carbocycles.